The Labute approximate surface area is 164 Å². The SMILES string of the molecule is CC1(C)OC(=O)C2=C1NC(=O)C[C@@H]2c1ccc(OCCc2ccccc2)cc1. The highest BCUT2D eigenvalue weighted by molar-refractivity contribution is 5.99. The van der Waals surface area contributed by atoms with Gasteiger partial charge < -0.3 is 14.8 Å². The van der Waals surface area contributed by atoms with Gasteiger partial charge in [0.2, 0.25) is 5.91 Å². The highest BCUT2D eigenvalue weighted by Crippen LogP contribution is 2.42. The van der Waals surface area contributed by atoms with Crippen LogP contribution in [0.15, 0.2) is 65.9 Å². The van der Waals surface area contributed by atoms with Gasteiger partial charge in [0.15, 0.2) is 0 Å². The highest BCUT2D eigenvalue weighted by atomic mass is 16.6. The second kappa shape index (κ2) is 7.15. The van der Waals surface area contributed by atoms with Crippen molar-refractivity contribution in [1.82, 2.24) is 5.32 Å². The van der Waals surface area contributed by atoms with Crippen molar-refractivity contribution in [3.8, 4) is 5.75 Å². The molecule has 1 atom stereocenters. The molecule has 2 aromatic carbocycles. The summed E-state index contributed by atoms with van der Waals surface area (Å²) in [4.78, 5) is 24.6. The summed E-state index contributed by atoms with van der Waals surface area (Å²) in [5, 5.41) is 2.82. The molecule has 2 aliphatic heterocycles. The number of carbonyl (C=O) groups excluding carboxylic acids is 2. The van der Waals surface area contributed by atoms with Gasteiger partial charge in [-0.15, -0.1) is 0 Å². The first kappa shape index (κ1) is 18.3. The van der Waals surface area contributed by atoms with E-state index >= 15 is 0 Å². The van der Waals surface area contributed by atoms with Gasteiger partial charge in [0.1, 0.15) is 11.4 Å². The molecule has 0 aromatic heterocycles. The van der Waals surface area contributed by atoms with Gasteiger partial charge in [0.05, 0.1) is 17.9 Å². The monoisotopic (exact) mass is 377 g/mol. The Bertz CT molecular complexity index is 929. The van der Waals surface area contributed by atoms with E-state index in [-0.39, 0.29) is 24.2 Å². The molecule has 2 heterocycles. The molecule has 2 aromatic rings. The van der Waals surface area contributed by atoms with E-state index < -0.39 is 5.60 Å². The van der Waals surface area contributed by atoms with Gasteiger partial charge in [-0.05, 0) is 37.1 Å². The van der Waals surface area contributed by atoms with E-state index in [2.05, 4.69) is 17.4 Å². The molecule has 28 heavy (non-hydrogen) atoms. The van der Waals surface area contributed by atoms with Crippen LogP contribution < -0.4 is 10.1 Å². The van der Waals surface area contributed by atoms with Crippen LogP contribution in [0.3, 0.4) is 0 Å². The number of amides is 1. The molecule has 144 valence electrons. The van der Waals surface area contributed by atoms with Gasteiger partial charge in [-0.25, -0.2) is 4.79 Å². The Hall–Kier alpha value is -3.08. The lowest BCUT2D eigenvalue weighted by molar-refractivity contribution is -0.144. The van der Waals surface area contributed by atoms with Crippen molar-refractivity contribution in [3.05, 3.63) is 77.0 Å². The molecular formula is C23H23NO4. The molecule has 1 N–H and O–H groups in total. The fourth-order valence-electron chi connectivity index (χ4n) is 3.79. The minimum Gasteiger partial charge on any atom is -0.493 e. The van der Waals surface area contributed by atoms with Crippen molar-refractivity contribution in [3.63, 3.8) is 0 Å². The summed E-state index contributed by atoms with van der Waals surface area (Å²) in [6.07, 6.45) is 1.07. The largest absolute Gasteiger partial charge is 0.493 e. The summed E-state index contributed by atoms with van der Waals surface area (Å²) >= 11 is 0. The summed E-state index contributed by atoms with van der Waals surface area (Å²) in [5.41, 5.74) is 2.48. The van der Waals surface area contributed by atoms with Crippen LogP contribution in [0.1, 0.15) is 37.3 Å². The number of hydrogen-bond acceptors (Lipinski definition) is 4. The van der Waals surface area contributed by atoms with Gasteiger partial charge in [-0.3, -0.25) is 4.79 Å². The van der Waals surface area contributed by atoms with Crippen LogP contribution in [0.25, 0.3) is 0 Å². The van der Waals surface area contributed by atoms with E-state index in [4.69, 9.17) is 9.47 Å². The van der Waals surface area contributed by atoms with E-state index in [1.165, 1.54) is 5.56 Å². The van der Waals surface area contributed by atoms with E-state index in [1.807, 2.05) is 42.5 Å². The molecule has 0 fully saturated rings. The Balaban J connectivity index is 1.48. The molecular weight excluding hydrogens is 354 g/mol. The van der Waals surface area contributed by atoms with Gasteiger partial charge in [0, 0.05) is 18.8 Å². The van der Waals surface area contributed by atoms with Crippen molar-refractivity contribution in [2.45, 2.75) is 38.2 Å². The molecule has 5 heteroatoms. The normalized spacial score (nSPS) is 20.4. The van der Waals surface area contributed by atoms with Gasteiger partial charge in [-0.1, -0.05) is 42.5 Å². The van der Waals surface area contributed by atoms with Crippen molar-refractivity contribution in [1.29, 1.82) is 0 Å². The summed E-state index contributed by atoms with van der Waals surface area (Å²) in [6.45, 7) is 4.17. The molecule has 0 unspecified atom stereocenters. The molecule has 2 aliphatic rings. The fourth-order valence-corrected chi connectivity index (χ4v) is 3.79. The summed E-state index contributed by atoms with van der Waals surface area (Å²) in [6, 6.07) is 17.8. The molecule has 4 rings (SSSR count). The van der Waals surface area contributed by atoms with Crippen molar-refractivity contribution in [2.75, 3.05) is 6.61 Å². The third kappa shape index (κ3) is 3.52. The second-order valence-corrected chi connectivity index (χ2v) is 7.65. The van der Waals surface area contributed by atoms with Gasteiger partial charge >= 0.3 is 5.97 Å². The number of esters is 1. The molecule has 5 nitrogen and oxygen atoms in total. The first-order chi connectivity index (χ1) is 13.4. The van der Waals surface area contributed by atoms with E-state index in [0.29, 0.717) is 17.9 Å². The summed E-state index contributed by atoms with van der Waals surface area (Å²) in [7, 11) is 0. The third-order valence-corrected chi connectivity index (χ3v) is 5.23. The van der Waals surface area contributed by atoms with E-state index in [1.54, 1.807) is 13.8 Å². The fraction of sp³-hybridized carbons (Fsp3) is 0.304. The lowest BCUT2D eigenvalue weighted by atomic mass is 9.83. The maximum absolute atomic E-state index is 12.4. The van der Waals surface area contributed by atoms with Crippen LogP contribution in [-0.4, -0.2) is 24.1 Å². The van der Waals surface area contributed by atoms with Crippen LogP contribution in [-0.2, 0) is 20.7 Å². The molecule has 0 spiro atoms. The zero-order valence-corrected chi connectivity index (χ0v) is 16.0. The lowest BCUT2D eigenvalue weighted by Gasteiger charge is -2.27. The van der Waals surface area contributed by atoms with Crippen LogP contribution in [0.2, 0.25) is 0 Å². The number of carbonyl (C=O) groups is 2. The van der Waals surface area contributed by atoms with Crippen molar-refractivity contribution >= 4 is 11.9 Å². The summed E-state index contributed by atoms with van der Waals surface area (Å²) < 4.78 is 11.3. The molecule has 0 radical (unpaired) electrons. The smallest absolute Gasteiger partial charge is 0.337 e. The zero-order valence-electron chi connectivity index (χ0n) is 16.0. The van der Waals surface area contributed by atoms with Crippen LogP contribution in [0.5, 0.6) is 5.75 Å². The first-order valence-corrected chi connectivity index (χ1v) is 9.48. The van der Waals surface area contributed by atoms with Crippen LogP contribution in [0.4, 0.5) is 0 Å². The number of cyclic esters (lactones) is 1. The quantitative estimate of drug-likeness (QED) is 0.810. The minimum atomic E-state index is -0.804. The number of rotatable bonds is 5. The zero-order chi connectivity index (χ0) is 19.7. The van der Waals surface area contributed by atoms with E-state index in [0.717, 1.165) is 17.7 Å². The Morgan fingerprint density at radius 1 is 1.07 bits per heavy atom. The van der Waals surface area contributed by atoms with Gasteiger partial charge in [-0.2, -0.15) is 0 Å². The molecule has 0 bridgehead atoms. The molecule has 0 aliphatic carbocycles. The molecule has 0 saturated carbocycles. The Morgan fingerprint density at radius 3 is 2.50 bits per heavy atom. The maximum Gasteiger partial charge on any atom is 0.337 e. The standard InChI is InChI=1S/C23H23NO4/c1-23(2)21-20(22(26)28-23)18(14-19(25)24-21)16-8-10-17(11-9-16)27-13-12-15-6-4-3-5-7-15/h3-11,18H,12-14H2,1-2H3,(H,24,25)/t18-/m1/s1. The second-order valence-electron chi connectivity index (χ2n) is 7.65. The van der Waals surface area contributed by atoms with Crippen LogP contribution >= 0.6 is 0 Å². The van der Waals surface area contributed by atoms with Gasteiger partial charge in [0.25, 0.3) is 0 Å². The highest BCUT2D eigenvalue weighted by Gasteiger charge is 2.47. The van der Waals surface area contributed by atoms with E-state index in [9.17, 15) is 9.59 Å². The number of hydrogen-bond donors (Lipinski definition) is 1. The predicted molar refractivity (Wildman–Crippen MR) is 105 cm³/mol. The number of benzene rings is 2. The first-order valence-electron chi connectivity index (χ1n) is 9.48. The molecule has 0 saturated heterocycles. The topological polar surface area (TPSA) is 64.6 Å². The Kier molecular flexibility index (Phi) is 4.67. The van der Waals surface area contributed by atoms with Crippen molar-refractivity contribution in [2.24, 2.45) is 0 Å². The maximum atomic E-state index is 12.4. The third-order valence-electron chi connectivity index (χ3n) is 5.23. The van der Waals surface area contributed by atoms with Crippen LogP contribution in [0, 0.1) is 0 Å². The average Bonchev–Trinajstić information content (AvgIpc) is 2.91. The van der Waals surface area contributed by atoms with Crippen molar-refractivity contribution < 1.29 is 19.1 Å². The average molecular weight is 377 g/mol. The number of nitrogens with one attached hydrogen (secondary N) is 1. The number of ether oxygens (including phenoxy) is 2. The Morgan fingerprint density at radius 2 is 1.79 bits per heavy atom. The predicted octanol–water partition coefficient (Wildman–Crippen LogP) is 3.50. The minimum absolute atomic E-state index is 0.0988. The lowest BCUT2D eigenvalue weighted by Crippen LogP contribution is -2.38. The molecule has 1 amide bonds. The summed E-state index contributed by atoms with van der Waals surface area (Å²) in [5.74, 6) is 0.0198.